The van der Waals surface area contributed by atoms with E-state index in [9.17, 15) is 5.11 Å². The zero-order valence-electron chi connectivity index (χ0n) is 11.5. The van der Waals surface area contributed by atoms with Gasteiger partial charge in [0.2, 0.25) is 0 Å². The molecular formula is C14H24N2O. The van der Waals surface area contributed by atoms with Crippen molar-refractivity contribution in [1.82, 2.24) is 0 Å². The lowest BCUT2D eigenvalue weighted by atomic mass is 9.92. The van der Waals surface area contributed by atoms with E-state index in [2.05, 4.69) is 22.3 Å². The van der Waals surface area contributed by atoms with E-state index in [-0.39, 0.29) is 5.92 Å². The van der Waals surface area contributed by atoms with Gasteiger partial charge in [0.25, 0.3) is 0 Å². The van der Waals surface area contributed by atoms with Crippen molar-refractivity contribution in [3.05, 3.63) is 24.3 Å². The van der Waals surface area contributed by atoms with Gasteiger partial charge in [-0.05, 0) is 31.0 Å². The fourth-order valence-corrected chi connectivity index (χ4v) is 1.38. The summed E-state index contributed by atoms with van der Waals surface area (Å²) in [5, 5.41) is 13.4. The van der Waals surface area contributed by atoms with Crippen LogP contribution in [0, 0.1) is 5.92 Å². The van der Waals surface area contributed by atoms with Gasteiger partial charge in [0.1, 0.15) is 0 Å². The van der Waals surface area contributed by atoms with Gasteiger partial charge in [0, 0.05) is 32.0 Å². The van der Waals surface area contributed by atoms with E-state index in [0.29, 0.717) is 6.54 Å². The molecule has 0 fully saturated rings. The molecule has 17 heavy (non-hydrogen) atoms. The summed E-state index contributed by atoms with van der Waals surface area (Å²) in [5.74, 6) is 0.229. The lowest BCUT2D eigenvalue weighted by Crippen LogP contribution is -2.38. The van der Waals surface area contributed by atoms with Crippen molar-refractivity contribution in [1.29, 1.82) is 0 Å². The highest BCUT2D eigenvalue weighted by Gasteiger charge is 2.24. The molecule has 3 heteroatoms. The number of nitrogens with zero attached hydrogens (tertiary/aromatic N) is 1. The number of rotatable bonds is 5. The molecule has 1 unspecified atom stereocenters. The first kappa shape index (κ1) is 13.8. The third-order valence-electron chi connectivity index (χ3n) is 3.26. The normalized spacial score (nSPS) is 14.5. The number of hydrogen-bond acceptors (Lipinski definition) is 3. The van der Waals surface area contributed by atoms with Crippen LogP contribution in [0.25, 0.3) is 0 Å². The van der Waals surface area contributed by atoms with Crippen LogP contribution in [0.4, 0.5) is 11.4 Å². The molecule has 0 heterocycles. The topological polar surface area (TPSA) is 35.5 Å². The lowest BCUT2D eigenvalue weighted by Gasteiger charge is -2.28. The van der Waals surface area contributed by atoms with Gasteiger partial charge in [0.15, 0.2) is 0 Å². The second-order valence-electron chi connectivity index (χ2n) is 5.31. The standard InChI is InChI=1S/C14H24N2O/c1-11(2)14(3,17)10-15-12-7-6-8-13(9-12)16(4)5/h6-9,11,15,17H,10H2,1-5H3. The van der Waals surface area contributed by atoms with E-state index >= 15 is 0 Å². The van der Waals surface area contributed by atoms with Gasteiger partial charge in [-0.15, -0.1) is 0 Å². The van der Waals surface area contributed by atoms with Crippen LogP contribution >= 0.6 is 0 Å². The summed E-state index contributed by atoms with van der Waals surface area (Å²) >= 11 is 0. The number of benzene rings is 1. The molecule has 0 saturated carbocycles. The van der Waals surface area contributed by atoms with Crippen LogP contribution in [0.2, 0.25) is 0 Å². The molecule has 0 saturated heterocycles. The molecule has 1 aromatic rings. The highest BCUT2D eigenvalue weighted by Crippen LogP contribution is 2.20. The Kier molecular flexibility index (Phi) is 4.40. The molecule has 96 valence electrons. The number of aliphatic hydroxyl groups is 1. The Morgan fingerprint density at radius 2 is 2.00 bits per heavy atom. The molecule has 1 rings (SSSR count). The van der Waals surface area contributed by atoms with Gasteiger partial charge >= 0.3 is 0 Å². The van der Waals surface area contributed by atoms with Gasteiger partial charge < -0.3 is 15.3 Å². The molecule has 0 radical (unpaired) electrons. The van der Waals surface area contributed by atoms with Crippen LogP contribution < -0.4 is 10.2 Å². The van der Waals surface area contributed by atoms with E-state index in [0.717, 1.165) is 11.4 Å². The highest BCUT2D eigenvalue weighted by molar-refractivity contribution is 5.57. The van der Waals surface area contributed by atoms with Crippen molar-refractivity contribution in [2.45, 2.75) is 26.4 Å². The van der Waals surface area contributed by atoms with Crippen LogP contribution in [0.3, 0.4) is 0 Å². The van der Waals surface area contributed by atoms with Crippen molar-refractivity contribution in [2.75, 3.05) is 30.9 Å². The van der Waals surface area contributed by atoms with Crippen molar-refractivity contribution in [3.63, 3.8) is 0 Å². The summed E-state index contributed by atoms with van der Waals surface area (Å²) in [4.78, 5) is 2.06. The van der Waals surface area contributed by atoms with E-state index in [4.69, 9.17) is 0 Å². The maximum Gasteiger partial charge on any atom is 0.0813 e. The Balaban J connectivity index is 2.67. The third kappa shape index (κ3) is 3.93. The monoisotopic (exact) mass is 236 g/mol. The fraction of sp³-hybridized carbons (Fsp3) is 0.571. The Morgan fingerprint density at radius 3 is 2.53 bits per heavy atom. The number of anilines is 2. The summed E-state index contributed by atoms with van der Waals surface area (Å²) in [6.07, 6.45) is 0. The average Bonchev–Trinajstić information content (AvgIpc) is 2.26. The van der Waals surface area contributed by atoms with E-state index in [1.165, 1.54) is 0 Å². The zero-order valence-corrected chi connectivity index (χ0v) is 11.5. The SMILES string of the molecule is CC(C)C(C)(O)CNc1cccc(N(C)C)c1. The molecule has 0 aliphatic rings. The van der Waals surface area contributed by atoms with Gasteiger partial charge in [-0.25, -0.2) is 0 Å². The van der Waals surface area contributed by atoms with Crippen LogP contribution in [0.1, 0.15) is 20.8 Å². The van der Waals surface area contributed by atoms with Crippen molar-refractivity contribution >= 4 is 11.4 Å². The minimum atomic E-state index is -0.686. The fourth-order valence-electron chi connectivity index (χ4n) is 1.38. The molecule has 0 bridgehead atoms. The van der Waals surface area contributed by atoms with E-state index < -0.39 is 5.60 Å². The van der Waals surface area contributed by atoms with E-state index in [1.807, 2.05) is 47.0 Å². The summed E-state index contributed by atoms with van der Waals surface area (Å²) in [5.41, 5.74) is 1.50. The first-order chi connectivity index (χ1) is 7.83. The molecule has 3 nitrogen and oxygen atoms in total. The Hall–Kier alpha value is -1.22. The number of hydrogen-bond donors (Lipinski definition) is 2. The minimum Gasteiger partial charge on any atom is -0.388 e. The van der Waals surface area contributed by atoms with Crippen LogP contribution in [-0.2, 0) is 0 Å². The molecule has 0 spiro atoms. The lowest BCUT2D eigenvalue weighted by molar-refractivity contribution is 0.0266. The van der Waals surface area contributed by atoms with Gasteiger partial charge in [-0.1, -0.05) is 19.9 Å². The predicted octanol–water partition coefficient (Wildman–Crippen LogP) is 2.57. The Morgan fingerprint density at radius 1 is 1.35 bits per heavy atom. The molecule has 0 amide bonds. The van der Waals surface area contributed by atoms with Crippen molar-refractivity contribution in [2.24, 2.45) is 5.92 Å². The summed E-state index contributed by atoms with van der Waals surface area (Å²) < 4.78 is 0. The van der Waals surface area contributed by atoms with Gasteiger partial charge in [-0.3, -0.25) is 0 Å². The number of nitrogens with one attached hydrogen (secondary N) is 1. The Bertz CT molecular complexity index is 359. The third-order valence-corrected chi connectivity index (χ3v) is 3.26. The summed E-state index contributed by atoms with van der Waals surface area (Å²) in [7, 11) is 4.03. The van der Waals surface area contributed by atoms with Crippen LogP contribution in [0.5, 0.6) is 0 Å². The molecular weight excluding hydrogens is 212 g/mol. The van der Waals surface area contributed by atoms with Crippen LogP contribution in [0.15, 0.2) is 24.3 Å². The molecule has 1 atom stereocenters. The minimum absolute atomic E-state index is 0.229. The first-order valence-corrected chi connectivity index (χ1v) is 6.06. The van der Waals surface area contributed by atoms with Crippen LogP contribution in [-0.4, -0.2) is 31.3 Å². The van der Waals surface area contributed by atoms with E-state index in [1.54, 1.807) is 0 Å². The maximum atomic E-state index is 10.2. The highest BCUT2D eigenvalue weighted by atomic mass is 16.3. The molecule has 0 aliphatic carbocycles. The summed E-state index contributed by atoms with van der Waals surface area (Å²) in [6, 6.07) is 8.17. The Labute approximate surface area is 104 Å². The average molecular weight is 236 g/mol. The predicted molar refractivity (Wildman–Crippen MR) is 74.7 cm³/mol. The second kappa shape index (κ2) is 5.41. The quantitative estimate of drug-likeness (QED) is 0.825. The molecule has 0 aromatic heterocycles. The molecule has 2 N–H and O–H groups in total. The smallest absolute Gasteiger partial charge is 0.0813 e. The molecule has 1 aromatic carbocycles. The summed E-state index contributed by atoms with van der Waals surface area (Å²) in [6.45, 7) is 6.47. The maximum absolute atomic E-state index is 10.2. The zero-order chi connectivity index (χ0) is 13.1. The van der Waals surface area contributed by atoms with Gasteiger partial charge in [-0.2, -0.15) is 0 Å². The molecule has 0 aliphatic heterocycles. The van der Waals surface area contributed by atoms with Crippen molar-refractivity contribution < 1.29 is 5.11 Å². The second-order valence-corrected chi connectivity index (χ2v) is 5.31. The van der Waals surface area contributed by atoms with Crippen molar-refractivity contribution in [3.8, 4) is 0 Å². The largest absolute Gasteiger partial charge is 0.388 e. The van der Waals surface area contributed by atoms with Gasteiger partial charge in [0.05, 0.1) is 5.60 Å². The first-order valence-electron chi connectivity index (χ1n) is 6.06.